The van der Waals surface area contributed by atoms with Crippen molar-refractivity contribution in [2.75, 3.05) is 0 Å². The standard InChI is InChI=1S/C17H23BrO3/c1-4-6-8-10-14(18)16-12-17(20-13(3)19)15(21-16)11-9-7-5-2/h2,6-9,14-17H,4,10-12H2,1,3H3/b8-6+,9-7+/t14-,15-,16-,17-/m1/s1. The number of hydrogen-bond donors (Lipinski definition) is 0. The SMILES string of the molecule is C#C/C=C/C[C@H]1O[C@@H]([C@H](Br)C/C=C/CC)C[C@H]1OC(C)=O. The summed E-state index contributed by atoms with van der Waals surface area (Å²) < 4.78 is 11.4. The number of carbonyl (C=O) groups excluding carboxylic acids is 1. The first-order chi connectivity index (χ1) is 10.1. The third kappa shape index (κ3) is 6.50. The predicted molar refractivity (Wildman–Crippen MR) is 88.2 cm³/mol. The molecule has 4 atom stereocenters. The van der Waals surface area contributed by atoms with Crippen molar-refractivity contribution >= 4 is 21.9 Å². The molecular formula is C17H23BrO3. The minimum atomic E-state index is -0.271. The van der Waals surface area contributed by atoms with Crippen LogP contribution >= 0.6 is 15.9 Å². The van der Waals surface area contributed by atoms with Gasteiger partial charge in [0.25, 0.3) is 0 Å². The maximum Gasteiger partial charge on any atom is 0.302 e. The highest BCUT2D eigenvalue weighted by molar-refractivity contribution is 9.09. The van der Waals surface area contributed by atoms with Gasteiger partial charge in [0.2, 0.25) is 0 Å². The lowest BCUT2D eigenvalue weighted by Crippen LogP contribution is -2.25. The molecule has 0 bridgehead atoms. The molecule has 1 rings (SSSR count). The number of esters is 1. The van der Waals surface area contributed by atoms with Gasteiger partial charge >= 0.3 is 5.97 Å². The van der Waals surface area contributed by atoms with Crippen LogP contribution in [0.4, 0.5) is 0 Å². The number of rotatable bonds is 7. The summed E-state index contributed by atoms with van der Waals surface area (Å²) in [5.41, 5.74) is 0. The second-order valence-electron chi connectivity index (χ2n) is 5.03. The smallest absolute Gasteiger partial charge is 0.302 e. The van der Waals surface area contributed by atoms with E-state index in [0.29, 0.717) is 12.8 Å². The summed E-state index contributed by atoms with van der Waals surface area (Å²) in [6, 6.07) is 0. The molecule has 3 nitrogen and oxygen atoms in total. The van der Waals surface area contributed by atoms with Crippen LogP contribution in [0.15, 0.2) is 24.3 Å². The van der Waals surface area contributed by atoms with Crippen molar-refractivity contribution in [2.45, 2.75) is 62.7 Å². The average Bonchev–Trinajstić information content (AvgIpc) is 2.82. The van der Waals surface area contributed by atoms with Crippen LogP contribution in [-0.4, -0.2) is 29.1 Å². The lowest BCUT2D eigenvalue weighted by molar-refractivity contribution is -0.148. The van der Waals surface area contributed by atoms with E-state index in [9.17, 15) is 4.79 Å². The highest BCUT2D eigenvalue weighted by Gasteiger charge is 2.39. The molecular weight excluding hydrogens is 332 g/mol. The molecule has 0 spiro atoms. The Morgan fingerprint density at radius 2 is 2.29 bits per heavy atom. The number of terminal acetylenes is 1. The van der Waals surface area contributed by atoms with E-state index in [1.165, 1.54) is 6.92 Å². The van der Waals surface area contributed by atoms with Crippen molar-refractivity contribution < 1.29 is 14.3 Å². The number of carbonyl (C=O) groups is 1. The van der Waals surface area contributed by atoms with Crippen molar-refractivity contribution in [1.29, 1.82) is 0 Å². The lowest BCUT2D eigenvalue weighted by atomic mass is 10.1. The number of halogens is 1. The fourth-order valence-electron chi connectivity index (χ4n) is 2.34. The minimum absolute atomic E-state index is 0.0418. The molecule has 1 heterocycles. The molecule has 0 aromatic carbocycles. The number of hydrogen-bond acceptors (Lipinski definition) is 3. The van der Waals surface area contributed by atoms with Crippen molar-refractivity contribution in [2.24, 2.45) is 0 Å². The van der Waals surface area contributed by atoms with Crippen LogP contribution in [0.3, 0.4) is 0 Å². The van der Waals surface area contributed by atoms with Crippen LogP contribution in [0.25, 0.3) is 0 Å². The highest BCUT2D eigenvalue weighted by atomic mass is 79.9. The van der Waals surface area contributed by atoms with E-state index < -0.39 is 0 Å². The maximum atomic E-state index is 11.2. The van der Waals surface area contributed by atoms with E-state index in [-0.39, 0.29) is 29.1 Å². The summed E-state index contributed by atoms with van der Waals surface area (Å²) in [6.07, 6.45) is 16.0. The summed E-state index contributed by atoms with van der Waals surface area (Å²) in [6.45, 7) is 3.54. The van der Waals surface area contributed by atoms with Crippen LogP contribution in [0.5, 0.6) is 0 Å². The molecule has 0 N–H and O–H groups in total. The Labute approximate surface area is 135 Å². The van der Waals surface area contributed by atoms with E-state index in [0.717, 1.165) is 12.8 Å². The van der Waals surface area contributed by atoms with Gasteiger partial charge in [-0.1, -0.05) is 47.0 Å². The van der Waals surface area contributed by atoms with Gasteiger partial charge in [0.05, 0.1) is 12.2 Å². The number of ether oxygens (including phenoxy) is 2. The van der Waals surface area contributed by atoms with Crippen molar-refractivity contribution in [3.05, 3.63) is 24.3 Å². The van der Waals surface area contributed by atoms with Crippen LogP contribution in [0, 0.1) is 12.3 Å². The molecule has 1 aliphatic rings. The summed E-state index contributed by atoms with van der Waals surface area (Å²) in [4.78, 5) is 11.4. The zero-order valence-electron chi connectivity index (χ0n) is 12.6. The fourth-order valence-corrected chi connectivity index (χ4v) is 2.90. The molecule has 0 aliphatic carbocycles. The first-order valence-corrected chi connectivity index (χ1v) is 8.22. The van der Waals surface area contributed by atoms with Gasteiger partial charge in [-0.15, -0.1) is 6.42 Å². The molecule has 1 saturated heterocycles. The van der Waals surface area contributed by atoms with Gasteiger partial charge < -0.3 is 9.47 Å². The Hall–Kier alpha value is -1.05. The Morgan fingerprint density at radius 3 is 2.90 bits per heavy atom. The zero-order chi connectivity index (χ0) is 15.7. The quantitative estimate of drug-likeness (QED) is 0.302. The zero-order valence-corrected chi connectivity index (χ0v) is 14.2. The topological polar surface area (TPSA) is 35.5 Å². The summed E-state index contributed by atoms with van der Waals surface area (Å²) in [7, 11) is 0. The lowest BCUT2D eigenvalue weighted by Gasteiger charge is -2.17. The van der Waals surface area contributed by atoms with Gasteiger partial charge in [0.15, 0.2) is 0 Å². The first-order valence-electron chi connectivity index (χ1n) is 7.31. The van der Waals surface area contributed by atoms with Crippen molar-refractivity contribution in [1.82, 2.24) is 0 Å². The Morgan fingerprint density at radius 1 is 1.52 bits per heavy atom. The van der Waals surface area contributed by atoms with Crippen molar-refractivity contribution in [3.63, 3.8) is 0 Å². The normalized spacial score (nSPS) is 27.0. The second kappa shape index (κ2) is 9.81. The van der Waals surface area contributed by atoms with Gasteiger partial charge in [-0.2, -0.15) is 0 Å². The van der Waals surface area contributed by atoms with Crippen LogP contribution in [-0.2, 0) is 14.3 Å². The summed E-state index contributed by atoms with van der Waals surface area (Å²) in [5.74, 6) is 2.18. The Bertz CT molecular complexity index is 422. The van der Waals surface area contributed by atoms with Gasteiger partial charge in [-0.3, -0.25) is 4.79 Å². The molecule has 4 heteroatoms. The average molecular weight is 355 g/mol. The van der Waals surface area contributed by atoms with Crippen LogP contribution in [0.1, 0.15) is 39.5 Å². The first kappa shape index (κ1) is 18.0. The highest BCUT2D eigenvalue weighted by Crippen LogP contribution is 2.31. The molecule has 0 unspecified atom stereocenters. The molecule has 21 heavy (non-hydrogen) atoms. The third-order valence-electron chi connectivity index (χ3n) is 3.30. The maximum absolute atomic E-state index is 11.2. The number of alkyl halides is 1. The Kier molecular flexibility index (Phi) is 8.41. The van der Waals surface area contributed by atoms with Gasteiger partial charge in [-0.25, -0.2) is 0 Å². The van der Waals surface area contributed by atoms with E-state index in [4.69, 9.17) is 15.9 Å². The molecule has 0 amide bonds. The minimum Gasteiger partial charge on any atom is -0.460 e. The molecule has 0 aromatic heterocycles. The van der Waals surface area contributed by atoms with E-state index in [1.807, 2.05) is 6.08 Å². The summed E-state index contributed by atoms with van der Waals surface area (Å²) >= 11 is 3.67. The van der Waals surface area contributed by atoms with Crippen molar-refractivity contribution in [3.8, 4) is 12.3 Å². The fraction of sp³-hybridized carbons (Fsp3) is 0.588. The van der Waals surface area contributed by atoms with Gasteiger partial charge in [0.1, 0.15) is 6.10 Å². The van der Waals surface area contributed by atoms with Crippen LogP contribution in [0.2, 0.25) is 0 Å². The Balaban J connectivity index is 2.61. The molecule has 0 radical (unpaired) electrons. The summed E-state index contributed by atoms with van der Waals surface area (Å²) in [5, 5.41) is 0. The monoisotopic (exact) mass is 354 g/mol. The van der Waals surface area contributed by atoms with Gasteiger partial charge in [0, 0.05) is 18.2 Å². The van der Waals surface area contributed by atoms with Crippen LogP contribution < -0.4 is 0 Å². The molecule has 1 fully saturated rings. The molecule has 0 saturated carbocycles. The molecule has 116 valence electrons. The van der Waals surface area contributed by atoms with E-state index in [2.05, 4.69) is 40.9 Å². The second-order valence-corrected chi connectivity index (χ2v) is 6.21. The van der Waals surface area contributed by atoms with E-state index in [1.54, 1.807) is 6.08 Å². The third-order valence-corrected chi connectivity index (χ3v) is 4.26. The largest absolute Gasteiger partial charge is 0.460 e. The van der Waals surface area contributed by atoms with E-state index >= 15 is 0 Å². The predicted octanol–water partition coefficient (Wildman–Crippen LogP) is 3.77. The van der Waals surface area contributed by atoms with Gasteiger partial charge in [-0.05, 0) is 25.3 Å². The number of allylic oxidation sites excluding steroid dienone is 3. The molecule has 0 aromatic rings. The molecule has 1 aliphatic heterocycles.